The van der Waals surface area contributed by atoms with E-state index < -0.39 is 0 Å². The Morgan fingerprint density at radius 1 is 0.944 bits per heavy atom. The first kappa shape index (κ1) is 11.1. The highest BCUT2D eigenvalue weighted by molar-refractivity contribution is 6.08. The van der Waals surface area contributed by atoms with Crippen molar-refractivity contribution >= 4 is 21.8 Å². The number of hydrogen-bond acceptors (Lipinski definition) is 1. The van der Waals surface area contributed by atoms with Crippen LogP contribution in [0.1, 0.15) is 13.8 Å². The monoisotopic (exact) mass is 239 g/mol. The van der Waals surface area contributed by atoms with Gasteiger partial charge in [0.05, 0.1) is 6.61 Å². The van der Waals surface area contributed by atoms with E-state index in [9.17, 15) is 0 Å². The van der Waals surface area contributed by atoms with Crippen molar-refractivity contribution in [1.82, 2.24) is 4.57 Å². The molecule has 0 saturated heterocycles. The van der Waals surface area contributed by atoms with Crippen LogP contribution in [0.3, 0.4) is 0 Å². The van der Waals surface area contributed by atoms with Crippen molar-refractivity contribution in [2.24, 2.45) is 0 Å². The predicted octanol–water partition coefficient (Wildman–Crippen LogP) is 4.21. The van der Waals surface area contributed by atoms with Crippen LogP contribution in [-0.4, -0.2) is 11.2 Å². The average Bonchev–Trinajstić information content (AvgIpc) is 2.72. The minimum absolute atomic E-state index is 0.706. The maximum absolute atomic E-state index is 5.60. The molecular weight excluding hydrogens is 222 g/mol. The number of nitrogens with zero attached hydrogens (tertiary/aromatic N) is 1. The number of aryl methyl sites for hydroxylation is 1. The summed E-state index contributed by atoms with van der Waals surface area (Å²) in [6.07, 6.45) is 0. The quantitative estimate of drug-likeness (QED) is 0.667. The fraction of sp³-hybridized carbons (Fsp3) is 0.250. The molecule has 0 unspecified atom stereocenters. The molecule has 18 heavy (non-hydrogen) atoms. The predicted molar refractivity (Wildman–Crippen MR) is 76.3 cm³/mol. The molecule has 1 heterocycles. The first-order valence-corrected chi connectivity index (χ1v) is 6.49. The van der Waals surface area contributed by atoms with Crippen LogP contribution in [0, 0.1) is 0 Å². The van der Waals surface area contributed by atoms with Gasteiger partial charge < -0.3 is 9.30 Å². The van der Waals surface area contributed by atoms with E-state index in [4.69, 9.17) is 4.74 Å². The van der Waals surface area contributed by atoms with E-state index >= 15 is 0 Å². The number of fused-ring (bicyclic) bond motifs is 3. The van der Waals surface area contributed by atoms with Gasteiger partial charge in [-0.15, -0.1) is 0 Å². The molecule has 0 saturated carbocycles. The molecule has 0 atom stereocenters. The first-order chi connectivity index (χ1) is 8.85. The second-order valence-corrected chi connectivity index (χ2v) is 4.37. The Balaban J connectivity index is 2.37. The number of rotatable bonds is 3. The Morgan fingerprint density at radius 3 is 2.50 bits per heavy atom. The van der Waals surface area contributed by atoms with Gasteiger partial charge in [-0.2, -0.15) is 0 Å². The standard InChI is InChI=1S/C16H17NO/c1-3-17-15-8-6-5-7-13(15)14-11-12(18-4-2)9-10-16(14)17/h5-11H,3-4H2,1-2H3. The SMILES string of the molecule is CCOc1ccc2c(c1)c1ccccc1n2CC. The minimum Gasteiger partial charge on any atom is -0.494 e. The van der Waals surface area contributed by atoms with E-state index in [1.165, 1.54) is 21.8 Å². The van der Waals surface area contributed by atoms with Crippen LogP contribution in [-0.2, 0) is 6.54 Å². The van der Waals surface area contributed by atoms with Gasteiger partial charge in [0.2, 0.25) is 0 Å². The van der Waals surface area contributed by atoms with Crippen LogP contribution in [0.5, 0.6) is 5.75 Å². The number of aromatic nitrogens is 1. The summed E-state index contributed by atoms with van der Waals surface area (Å²) >= 11 is 0. The fourth-order valence-corrected chi connectivity index (χ4v) is 2.63. The fourth-order valence-electron chi connectivity index (χ4n) is 2.63. The number of ether oxygens (including phenoxy) is 1. The zero-order valence-electron chi connectivity index (χ0n) is 10.8. The largest absolute Gasteiger partial charge is 0.494 e. The lowest BCUT2D eigenvalue weighted by Gasteiger charge is -2.04. The summed E-state index contributed by atoms with van der Waals surface area (Å²) in [7, 11) is 0. The Bertz CT molecular complexity index is 697. The van der Waals surface area contributed by atoms with Crippen molar-refractivity contribution < 1.29 is 4.74 Å². The van der Waals surface area contributed by atoms with Crippen LogP contribution in [0.15, 0.2) is 42.5 Å². The van der Waals surface area contributed by atoms with Crippen LogP contribution in [0.2, 0.25) is 0 Å². The highest BCUT2D eigenvalue weighted by Crippen LogP contribution is 2.31. The van der Waals surface area contributed by atoms with Crippen molar-refractivity contribution in [1.29, 1.82) is 0 Å². The lowest BCUT2D eigenvalue weighted by molar-refractivity contribution is 0.341. The summed E-state index contributed by atoms with van der Waals surface area (Å²) in [5, 5.41) is 2.58. The highest BCUT2D eigenvalue weighted by Gasteiger charge is 2.09. The average molecular weight is 239 g/mol. The van der Waals surface area contributed by atoms with Crippen molar-refractivity contribution in [2.45, 2.75) is 20.4 Å². The smallest absolute Gasteiger partial charge is 0.120 e. The molecule has 0 aliphatic carbocycles. The molecular formula is C16H17NO. The maximum Gasteiger partial charge on any atom is 0.120 e. The second kappa shape index (κ2) is 4.37. The number of benzene rings is 2. The topological polar surface area (TPSA) is 14.2 Å². The Morgan fingerprint density at radius 2 is 1.72 bits per heavy atom. The third-order valence-electron chi connectivity index (χ3n) is 3.37. The van der Waals surface area contributed by atoms with E-state index in [1.807, 2.05) is 6.92 Å². The summed E-state index contributed by atoms with van der Waals surface area (Å²) in [6, 6.07) is 14.9. The Kier molecular flexibility index (Phi) is 2.71. The van der Waals surface area contributed by atoms with Gasteiger partial charge in [-0.05, 0) is 38.1 Å². The summed E-state index contributed by atoms with van der Waals surface area (Å²) in [5.41, 5.74) is 2.57. The van der Waals surface area contributed by atoms with Gasteiger partial charge in [0.25, 0.3) is 0 Å². The second-order valence-electron chi connectivity index (χ2n) is 4.37. The molecule has 2 heteroatoms. The molecule has 0 N–H and O–H groups in total. The molecule has 0 spiro atoms. The van der Waals surface area contributed by atoms with Gasteiger partial charge in [-0.1, -0.05) is 18.2 Å². The van der Waals surface area contributed by atoms with Crippen molar-refractivity contribution in [2.75, 3.05) is 6.61 Å². The molecule has 3 aromatic rings. The van der Waals surface area contributed by atoms with Gasteiger partial charge in [-0.3, -0.25) is 0 Å². The highest BCUT2D eigenvalue weighted by atomic mass is 16.5. The third-order valence-corrected chi connectivity index (χ3v) is 3.37. The lowest BCUT2D eigenvalue weighted by atomic mass is 10.1. The third kappa shape index (κ3) is 1.57. The van der Waals surface area contributed by atoms with E-state index in [1.54, 1.807) is 0 Å². The van der Waals surface area contributed by atoms with E-state index in [0.29, 0.717) is 6.61 Å². The van der Waals surface area contributed by atoms with Crippen molar-refractivity contribution in [3.63, 3.8) is 0 Å². The Hall–Kier alpha value is -1.96. The van der Waals surface area contributed by atoms with Gasteiger partial charge in [0.15, 0.2) is 0 Å². The molecule has 0 amide bonds. The molecule has 3 rings (SSSR count). The molecule has 0 radical (unpaired) electrons. The zero-order valence-corrected chi connectivity index (χ0v) is 10.8. The van der Waals surface area contributed by atoms with Crippen LogP contribution in [0.4, 0.5) is 0 Å². The summed E-state index contributed by atoms with van der Waals surface area (Å²) in [4.78, 5) is 0. The summed E-state index contributed by atoms with van der Waals surface area (Å²) in [5.74, 6) is 0.948. The van der Waals surface area contributed by atoms with Crippen molar-refractivity contribution in [3.05, 3.63) is 42.5 Å². The first-order valence-electron chi connectivity index (χ1n) is 6.49. The van der Waals surface area contributed by atoms with Crippen molar-refractivity contribution in [3.8, 4) is 5.75 Å². The summed E-state index contributed by atoms with van der Waals surface area (Å²) in [6.45, 7) is 5.89. The van der Waals surface area contributed by atoms with Gasteiger partial charge in [0, 0.05) is 28.4 Å². The van der Waals surface area contributed by atoms with Gasteiger partial charge in [0.1, 0.15) is 5.75 Å². The molecule has 0 aliphatic rings. The van der Waals surface area contributed by atoms with Crippen LogP contribution >= 0.6 is 0 Å². The normalized spacial score (nSPS) is 11.2. The molecule has 0 aliphatic heterocycles. The van der Waals surface area contributed by atoms with Gasteiger partial charge in [-0.25, -0.2) is 0 Å². The molecule has 1 aromatic heterocycles. The maximum atomic E-state index is 5.60. The molecule has 0 bridgehead atoms. The number of para-hydroxylation sites is 1. The van der Waals surface area contributed by atoms with E-state index in [2.05, 4.69) is 54.0 Å². The summed E-state index contributed by atoms with van der Waals surface area (Å²) < 4.78 is 7.94. The molecule has 2 aromatic carbocycles. The van der Waals surface area contributed by atoms with Crippen LogP contribution < -0.4 is 4.74 Å². The lowest BCUT2D eigenvalue weighted by Crippen LogP contribution is -1.93. The van der Waals surface area contributed by atoms with Crippen LogP contribution in [0.25, 0.3) is 21.8 Å². The number of hydrogen-bond donors (Lipinski definition) is 0. The zero-order chi connectivity index (χ0) is 12.5. The van der Waals surface area contributed by atoms with E-state index in [0.717, 1.165) is 12.3 Å². The minimum atomic E-state index is 0.706. The molecule has 2 nitrogen and oxygen atoms in total. The van der Waals surface area contributed by atoms with E-state index in [-0.39, 0.29) is 0 Å². The Labute approximate surface area is 107 Å². The molecule has 92 valence electrons. The van der Waals surface area contributed by atoms with Gasteiger partial charge >= 0.3 is 0 Å². The molecule has 0 fully saturated rings.